The first-order valence-corrected chi connectivity index (χ1v) is 9.23. The van der Waals surface area contributed by atoms with Crippen LogP contribution >= 0.6 is 24.0 Å². The quantitative estimate of drug-likeness (QED) is 0.256. The van der Waals surface area contributed by atoms with Crippen molar-refractivity contribution in [3.63, 3.8) is 0 Å². The molecule has 0 unspecified atom stereocenters. The van der Waals surface area contributed by atoms with Gasteiger partial charge in [0.1, 0.15) is 6.26 Å². The van der Waals surface area contributed by atoms with Gasteiger partial charge in [0.05, 0.1) is 18.5 Å². The van der Waals surface area contributed by atoms with Crippen LogP contribution in [-0.4, -0.2) is 72.6 Å². The van der Waals surface area contributed by atoms with Crippen molar-refractivity contribution in [3.05, 3.63) is 42.2 Å². The minimum absolute atomic E-state index is 0. The third kappa shape index (κ3) is 6.51. The van der Waals surface area contributed by atoms with Crippen LogP contribution in [0.1, 0.15) is 23.2 Å². The summed E-state index contributed by atoms with van der Waals surface area (Å²) >= 11 is 0. The van der Waals surface area contributed by atoms with Gasteiger partial charge < -0.3 is 24.5 Å². The van der Waals surface area contributed by atoms with Gasteiger partial charge in [-0.15, -0.1) is 24.0 Å². The number of halogens is 1. The van der Waals surface area contributed by atoms with Crippen LogP contribution in [0.3, 0.4) is 0 Å². The largest absolute Gasteiger partial charge is 0.459 e. The van der Waals surface area contributed by atoms with Crippen LogP contribution in [-0.2, 0) is 6.54 Å². The molecule has 3 rings (SSSR count). The van der Waals surface area contributed by atoms with Crippen molar-refractivity contribution in [2.45, 2.75) is 13.5 Å². The van der Waals surface area contributed by atoms with E-state index in [-0.39, 0.29) is 29.9 Å². The molecule has 1 amide bonds. The molecule has 1 saturated heterocycles. The van der Waals surface area contributed by atoms with Crippen LogP contribution in [0, 0.1) is 0 Å². The van der Waals surface area contributed by atoms with Crippen molar-refractivity contribution >= 4 is 35.8 Å². The number of piperazine rings is 1. The zero-order valence-corrected chi connectivity index (χ0v) is 18.3. The number of rotatable bonds is 7. The zero-order chi connectivity index (χ0) is 18.9. The lowest BCUT2D eigenvalue weighted by Crippen LogP contribution is -2.52. The maximum atomic E-state index is 11.8. The molecule has 3 heterocycles. The lowest BCUT2D eigenvalue weighted by Gasteiger charge is -2.36. The Labute approximate surface area is 181 Å². The average Bonchev–Trinajstić information content (AvgIpc) is 3.39. The van der Waals surface area contributed by atoms with E-state index in [4.69, 9.17) is 8.94 Å². The summed E-state index contributed by atoms with van der Waals surface area (Å²) in [6.45, 7) is 8.28. The topological polar surface area (TPSA) is 99.1 Å². The first-order valence-electron chi connectivity index (χ1n) is 9.23. The molecular weight excluding hydrogens is 475 g/mol. The molecule has 0 radical (unpaired) electrons. The molecule has 0 aliphatic carbocycles. The van der Waals surface area contributed by atoms with Crippen molar-refractivity contribution in [3.8, 4) is 0 Å². The molecule has 9 nitrogen and oxygen atoms in total. The third-order valence-corrected chi connectivity index (χ3v) is 4.29. The molecule has 2 aromatic heterocycles. The zero-order valence-electron chi connectivity index (χ0n) is 16.0. The molecular formula is C18H27IN6O3. The molecule has 28 heavy (non-hydrogen) atoms. The molecule has 1 aliphatic rings. The Morgan fingerprint density at radius 2 is 2.04 bits per heavy atom. The molecule has 0 aromatic carbocycles. The molecule has 0 atom stereocenters. The maximum absolute atomic E-state index is 11.8. The highest BCUT2D eigenvalue weighted by molar-refractivity contribution is 14.0. The van der Waals surface area contributed by atoms with Crippen LogP contribution in [0.5, 0.6) is 0 Å². The Morgan fingerprint density at radius 3 is 2.68 bits per heavy atom. The lowest BCUT2D eigenvalue weighted by molar-refractivity contribution is 0.0927. The van der Waals surface area contributed by atoms with E-state index in [2.05, 4.69) is 37.5 Å². The van der Waals surface area contributed by atoms with Crippen LogP contribution < -0.4 is 10.6 Å². The molecule has 0 bridgehead atoms. The minimum Gasteiger partial charge on any atom is -0.459 e. The van der Waals surface area contributed by atoms with E-state index >= 15 is 0 Å². The van der Waals surface area contributed by atoms with Crippen molar-refractivity contribution in [1.82, 2.24) is 25.6 Å². The molecule has 1 aliphatic heterocycles. The van der Waals surface area contributed by atoms with Crippen LogP contribution in [0.2, 0.25) is 0 Å². The summed E-state index contributed by atoms with van der Waals surface area (Å²) in [7, 11) is 0. The molecule has 0 spiro atoms. The summed E-state index contributed by atoms with van der Waals surface area (Å²) in [5.74, 6) is 0.974. The van der Waals surface area contributed by atoms with E-state index in [9.17, 15) is 4.79 Å². The number of aromatic nitrogens is 1. The van der Waals surface area contributed by atoms with Crippen molar-refractivity contribution < 1.29 is 13.7 Å². The number of nitrogens with one attached hydrogen (secondary N) is 2. The van der Waals surface area contributed by atoms with E-state index in [0.29, 0.717) is 18.8 Å². The van der Waals surface area contributed by atoms with Gasteiger partial charge in [-0.2, -0.15) is 0 Å². The van der Waals surface area contributed by atoms with E-state index in [1.165, 1.54) is 6.26 Å². The predicted octanol–water partition coefficient (Wildman–Crippen LogP) is 1.40. The van der Waals surface area contributed by atoms with Crippen molar-refractivity contribution in [2.75, 3.05) is 45.8 Å². The van der Waals surface area contributed by atoms with Gasteiger partial charge in [0.25, 0.3) is 5.91 Å². The Balaban J connectivity index is 0.00000280. The molecule has 0 saturated carbocycles. The summed E-state index contributed by atoms with van der Waals surface area (Å²) < 4.78 is 9.96. The van der Waals surface area contributed by atoms with Crippen LogP contribution in [0.15, 0.2) is 44.7 Å². The number of carbonyl (C=O) groups excluding carboxylic acids is 1. The lowest BCUT2D eigenvalue weighted by atomic mass is 10.3. The second-order valence-electron chi connectivity index (χ2n) is 6.22. The number of hydrogen-bond donors (Lipinski definition) is 2. The number of carbonyl (C=O) groups is 1. The smallest absolute Gasteiger partial charge is 0.287 e. The molecule has 2 aromatic rings. The normalized spacial score (nSPS) is 15.2. The third-order valence-electron chi connectivity index (χ3n) is 4.29. The Bertz CT molecular complexity index is 712. The molecule has 2 N–H and O–H groups in total. The average molecular weight is 502 g/mol. The first kappa shape index (κ1) is 22.2. The van der Waals surface area contributed by atoms with Gasteiger partial charge in [-0.1, -0.05) is 5.16 Å². The van der Waals surface area contributed by atoms with E-state index < -0.39 is 0 Å². The monoisotopic (exact) mass is 502 g/mol. The van der Waals surface area contributed by atoms with Gasteiger partial charge in [0.15, 0.2) is 11.7 Å². The van der Waals surface area contributed by atoms with Gasteiger partial charge in [-0.25, -0.2) is 0 Å². The SMILES string of the molecule is CCNC(=NCCNC(=O)c1ccco1)N1CCN(Cc2ccon2)CC1.I. The number of nitrogens with zero attached hydrogens (tertiary/aromatic N) is 4. The Morgan fingerprint density at radius 1 is 1.21 bits per heavy atom. The number of amides is 1. The highest BCUT2D eigenvalue weighted by atomic mass is 127. The summed E-state index contributed by atoms with van der Waals surface area (Å²) in [5.41, 5.74) is 0.955. The number of furan rings is 1. The number of guanidine groups is 1. The highest BCUT2D eigenvalue weighted by Crippen LogP contribution is 2.07. The molecule has 10 heteroatoms. The van der Waals surface area contributed by atoms with Gasteiger partial charge in [-0.05, 0) is 19.1 Å². The molecule has 154 valence electrons. The highest BCUT2D eigenvalue weighted by Gasteiger charge is 2.20. The second kappa shape index (κ2) is 11.7. The summed E-state index contributed by atoms with van der Waals surface area (Å²) in [6, 6.07) is 5.23. The van der Waals surface area contributed by atoms with Gasteiger partial charge in [-0.3, -0.25) is 14.7 Å². The Kier molecular flexibility index (Phi) is 9.28. The van der Waals surface area contributed by atoms with Gasteiger partial charge in [0, 0.05) is 51.9 Å². The van der Waals surface area contributed by atoms with Gasteiger partial charge >= 0.3 is 0 Å². The fraction of sp³-hybridized carbons (Fsp3) is 0.500. The fourth-order valence-corrected chi connectivity index (χ4v) is 2.92. The first-order chi connectivity index (χ1) is 13.3. The number of aliphatic imine (C=N–C) groups is 1. The fourth-order valence-electron chi connectivity index (χ4n) is 2.92. The predicted molar refractivity (Wildman–Crippen MR) is 116 cm³/mol. The minimum atomic E-state index is -0.221. The number of hydrogen-bond acceptors (Lipinski definition) is 6. The van der Waals surface area contributed by atoms with E-state index in [1.54, 1.807) is 18.4 Å². The summed E-state index contributed by atoms with van der Waals surface area (Å²) in [4.78, 5) is 21.1. The van der Waals surface area contributed by atoms with E-state index in [1.807, 2.05) is 6.07 Å². The molecule has 1 fully saturated rings. The summed E-state index contributed by atoms with van der Waals surface area (Å²) in [5, 5.41) is 10.1. The van der Waals surface area contributed by atoms with Crippen LogP contribution in [0.4, 0.5) is 0 Å². The second-order valence-corrected chi connectivity index (χ2v) is 6.22. The van der Waals surface area contributed by atoms with E-state index in [0.717, 1.165) is 50.9 Å². The van der Waals surface area contributed by atoms with Crippen LogP contribution in [0.25, 0.3) is 0 Å². The van der Waals surface area contributed by atoms with Gasteiger partial charge in [0.2, 0.25) is 0 Å². The Hall–Kier alpha value is -2.08. The summed E-state index contributed by atoms with van der Waals surface area (Å²) in [6.07, 6.45) is 3.09. The maximum Gasteiger partial charge on any atom is 0.287 e. The van der Waals surface area contributed by atoms with Crippen molar-refractivity contribution in [1.29, 1.82) is 0 Å². The van der Waals surface area contributed by atoms with Crippen molar-refractivity contribution in [2.24, 2.45) is 4.99 Å². The standard InChI is InChI=1S/C18H26N6O3.HI/c1-2-19-18(21-7-6-20-17(25)16-4-3-12-26-16)24-10-8-23(9-11-24)14-15-5-13-27-22-15;/h3-5,12-13H,2,6-11,14H2,1H3,(H,19,21)(H,20,25);1H.